The summed E-state index contributed by atoms with van der Waals surface area (Å²) in [6, 6.07) is 10.2. The molecule has 0 spiro atoms. The summed E-state index contributed by atoms with van der Waals surface area (Å²) in [6.07, 6.45) is 3.61. The maximum absolute atomic E-state index is 5.01. The van der Waals surface area contributed by atoms with Gasteiger partial charge < -0.3 is 4.98 Å². The molecular formula is C19H15N5S2. The second-order valence-electron chi connectivity index (χ2n) is 6.04. The number of nitrogens with one attached hydrogen (secondary N) is 1. The van der Waals surface area contributed by atoms with Gasteiger partial charge in [-0.25, -0.2) is 15.0 Å². The van der Waals surface area contributed by atoms with Crippen LogP contribution in [0.2, 0.25) is 0 Å². The Bertz CT molecular complexity index is 1200. The largest absolute Gasteiger partial charge is 0.344 e. The first-order chi connectivity index (χ1) is 12.7. The van der Waals surface area contributed by atoms with E-state index in [0.717, 1.165) is 43.3 Å². The third-order valence-electron chi connectivity index (χ3n) is 4.30. The Labute approximate surface area is 158 Å². The zero-order valence-corrected chi connectivity index (χ0v) is 15.9. The number of thiazole rings is 2. The summed E-state index contributed by atoms with van der Waals surface area (Å²) in [5.74, 6) is 0.841. The van der Waals surface area contributed by atoms with Crippen LogP contribution in [0, 0.1) is 13.8 Å². The van der Waals surface area contributed by atoms with E-state index in [4.69, 9.17) is 9.97 Å². The maximum Gasteiger partial charge on any atom is 0.194 e. The number of aromatic nitrogens is 5. The summed E-state index contributed by atoms with van der Waals surface area (Å²) < 4.78 is 2.19. The Balaban J connectivity index is 1.79. The molecule has 0 amide bonds. The lowest BCUT2D eigenvalue weighted by atomic mass is 10.1. The highest BCUT2D eigenvalue weighted by atomic mass is 32.1. The molecule has 0 atom stereocenters. The van der Waals surface area contributed by atoms with Gasteiger partial charge >= 0.3 is 0 Å². The number of fused-ring (bicyclic) bond motifs is 1. The Kier molecular flexibility index (Phi) is 3.51. The molecule has 0 fully saturated rings. The van der Waals surface area contributed by atoms with Crippen LogP contribution in [0.5, 0.6) is 0 Å². The van der Waals surface area contributed by atoms with Crippen LogP contribution in [0.15, 0.2) is 48.1 Å². The second kappa shape index (κ2) is 5.89. The zero-order valence-electron chi connectivity index (χ0n) is 14.2. The third-order valence-corrected chi connectivity index (χ3v) is 6.31. The van der Waals surface area contributed by atoms with E-state index in [1.54, 1.807) is 28.9 Å². The standard InChI is InChI=1S/C19H15N5S2/c1-11-10-25-19-22-12(2)15(24(11)19)18-23-14(13-6-4-3-5-7-13)16(26-18)17-20-8-9-21-17/h3-10H,1-2H3,(H,20,21). The van der Waals surface area contributed by atoms with Gasteiger partial charge in [-0.2, -0.15) is 0 Å². The smallest absolute Gasteiger partial charge is 0.194 e. The van der Waals surface area contributed by atoms with Gasteiger partial charge in [-0.3, -0.25) is 4.40 Å². The molecule has 5 aromatic rings. The van der Waals surface area contributed by atoms with E-state index < -0.39 is 0 Å². The number of hydrogen-bond donors (Lipinski definition) is 1. The Hall–Kier alpha value is -2.77. The molecule has 5 rings (SSSR count). The van der Waals surface area contributed by atoms with Crippen LogP contribution >= 0.6 is 22.7 Å². The number of nitrogens with zero attached hydrogens (tertiary/aromatic N) is 4. The van der Waals surface area contributed by atoms with Crippen molar-refractivity contribution in [3.8, 4) is 32.7 Å². The summed E-state index contributed by atoms with van der Waals surface area (Å²) in [4.78, 5) is 19.4. The number of rotatable bonds is 3. The number of aryl methyl sites for hydroxylation is 2. The van der Waals surface area contributed by atoms with Crippen molar-refractivity contribution in [3.05, 3.63) is 59.5 Å². The molecule has 0 unspecified atom stereocenters. The highest BCUT2D eigenvalue weighted by molar-refractivity contribution is 7.19. The molecule has 0 saturated heterocycles. The fourth-order valence-electron chi connectivity index (χ4n) is 3.11. The Morgan fingerprint density at radius 1 is 1.08 bits per heavy atom. The van der Waals surface area contributed by atoms with Crippen LogP contribution < -0.4 is 0 Å². The lowest BCUT2D eigenvalue weighted by Crippen LogP contribution is -1.89. The topological polar surface area (TPSA) is 58.9 Å². The van der Waals surface area contributed by atoms with Crippen LogP contribution in [-0.2, 0) is 0 Å². The van der Waals surface area contributed by atoms with E-state index in [0.29, 0.717) is 0 Å². The first kappa shape index (κ1) is 15.5. The van der Waals surface area contributed by atoms with E-state index in [1.165, 1.54) is 5.69 Å². The minimum atomic E-state index is 0.841. The lowest BCUT2D eigenvalue weighted by molar-refractivity contribution is 1.13. The lowest BCUT2D eigenvalue weighted by Gasteiger charge is -1.99. The first-order valence-corrected chi connectivity index (χ1v) is 9.91. The van der Waals surface area contributed by atoms with Crippen molar-refractivity contribution in [1.82, 2.24) is 24.3 Å². The third kappa shape index (κ3) is 2.32. The molecule has 4 heterocycles. The molecule has 7 heteroatoms. The normalized spacial score (nSPS) is 11.5. The van der Waals surface area contributed by atoms with Crippen molar-refractivity contribution < 1.29 is 0 Å². The molecule has 0 saturated carbocycles. The van der Waals surface area contributed by atoms with E-state index in [1.807, 2.05) is 31.3 Å². The molecule has 128 valence electrons. The summed E-state index contributed by atoms with van der Waals surface area (Å²) in [5.41, 5.74) is 5.28. The molecule has 26 heavy (non-hydrogen) atoms. The fraction of sp³-hybridized carbons (Fsp3) is 0.105. The van der Waals surface area contributed by atoms with Gasteiger partial charge in [-0.15, -0.1) is 22.7 Å². The summed E-state index contributed by atoms with van der Waals surface area (Å²) >= 11 is 3.31. The minimum absolute atomic E-state index is 0.841. The molecule has 0 radical (unpaired) electrons. The van der Waals surface area contributed by atoms with Crippen molar-refractivity contribution in [3.63, 3.8) is 0 Å². The van der Waals surface area contributed by atoms with Crippen LogP contribution in [0.25, 0.3) is 37.6 Å². The SMILES string of the molecule is Cc1nc2scc(C)n2c1-c1nc(-c2ccccc2)c(-c2ncc[nH]2)s1. The van der Waals surface area contributed by atoms with Crippen molar-refractivity contribution >= 4 is 27.6 Å². The van der Waals surface area contributed by atoms with Gasteiger partial charge in [-0.1, -0.05) is 30.3 Å². The highest BCUT2D eigenvalue weighted by Crippen LogP contribution is 2.40. The first-order valence-electron chi connectivity index (χ1n) is 8.22. The van der Waals surface area contributed by atoms with Crippen molar-refractivity contribution in [1.29, 1.82) is 0 Å². The van der Waals surface area contributed by atoms with Crippen molar-refractivity contribution in [2.45, 2.75) is 13.8 Å². The van der Waals surface area contributed by atoms with E-state index >= 15 is 0 Å². The number of imidazole rings is 2. The molecule has 0 bridgehead atoms. The molecule has 0 aliphatic rings. The summed E-state index contributed by atoms with van der Waals surface area (Å²) in [7, 11) is 0. The molecule has 4 aromatic heterocycles. The summed E-state index contributed by atoms with van der Waals surface area (Å²) in [5, 5.41) is 3.09. The van der Waals surface area contributed by atoms with Crippen LogP contribution in [0.3, 0.4) is 0 Å². The fourth-order valence-corrected chi connectivity index (χ4v) is 5.16. The quantitative estimate of drug-likeness (QED) is 0.470. The van der Waals surface area contributed by atoms with E-state index in [9.17, 15) is 0 Å². The van der Waals surface area contributed by atoms with Gasteiger partial charge in [-0.05, 0) is 13.8 Å². The van der Waals surface area contributed by atoms with Crippen molar-refractivity contribution in [2.75, 3.05) is 0 Å². The number of benzene rings is 1. The zero-order chi connectivity index (χ0) is 17.7. The van der Waals surface area contributed by atoms with Gasteiger partial charge in [0.15, 0.2) is 4.96 Å². The average Bonchev–Trinajstić information content (AvgIpc) is 3.41. The second-order valence-corrected chi connectivity index (χ2v) is 7.88. The van der Waals surface area contributed by atoms with E-state index in [-0.39, 0.29) is 0 Å². The average molecular weight is 377 g/mol. The molecule has 1 aromatic carbocycles. The predicted octanol–water partition coefficient (Wildman–Crippen LogP) is 5.19. The van der Waals surface area contributed by atoms with Crippen LogP contribution in [-0.4, -0.2) is 24.3 Å². The predicted molar refractivity (Wildman–Crippen MR) is 107 cm³/mol. The van der Waals surface area contributed by atoms with Gasteiger partial charge in [0, 0.05) is 29.0 Å². The van der Waals surface area contributed by atoms with Gasteiger partial charge in [0.1, 0.15) is 16.5 Å². The van der Waals surface area contributed by atoms with Crippen molar-refractivity contribution in [2.24, 2.45) is 0 Å². The van der Waals surface area contributed by atoms with Gasteiger partial charge in [0.2, 0.25) is 0 Å². The monoisotopic (exact) mass is 377 g/mol. The van der Waals surface area contributed by atoms with Gasteiger partial charge in [0.05, 0.1) is 16.3 Å². The van der Waals surface area contributed by atoms with E-state index in [2.05, 4.69) is 38.8 Å². The Morgan fingerprint density at radius 3 is 2.69 bits per heavy atom. The molecule has 5 nitrogen and oxygen atoms in total. The molecular weight excluding hydrogens is 362 g/mol. The molecule has 0 aliphatic heterocycles. The molecule has 0 aliphatic carbocycles. The minimum Gasteiger partial charge on any atom is -0.344 e. The van der Waals surface area contributed by atoms with Crippen LogP contribution in [0.4, 0.5) is 0 Å². The maximum atomic E-state index is 5.01. The number of H-pyrrole nitrogens is 1. The summed E-state index contributed by atoms with van der Waals surface area (Å²) in [6.45, 7) is 4.15. The number of hydrogen-bond acceptors (Lipinski definition) is 5. The number of aromatic amines is 1. The Morgan fingerprint density at radius 2 is 1.92 bits per heavy atom. The van der Waals surface area contributed by atoms with Gasteiger partial charge in [0.25, 0.3) is 0 Å². The highest BCUT2D eigenvalue weighted by Gasteiger charge is 2.22. The molecule has 1 N–H and O–H groups in total. The van der Waals surface area contributed by atoms with Crippen LogP contribution in [0.1, 0.15) is 11.4 Å².